The molecule has 3 heteroatoms. The maximum absolute atomic E-state index is 9.46. The average molecular weight is 294 g/mol. The molecule has 4 rings (SSSR count). The molecule has 3 aromatic rings. The maximum Gasteiger partial charge on any atom is 0.150 e. The van der Waals surface area contributed by atoms with E-state index in [0.717, 1.165) is 27.3 Å². The van der Waals surface area contributed by atoms with Crippen LogP contribution in [-0.2, 0) is 6.61 Å². The molecule has 21 heavy (non-hydrogen) atoms. The number of fused-ring (bicyclic) bond motifs is 3. The standard InChI is InChI=1S/C18H14O2S/c19-11-13-10-15-17(12-6-2-1-3-7-12)20-16-9-5-4-8-14(16)18(15)21-13/h1-10,17,19H,11H2. The van der Waals surface area contributed by atoms with E-state index in [4.69, 9.17) is 4.74 Å². The molecule has 0 fully saturated rings. The Hall–Kier alpha value is -2.10. The highest BCUT2D eigenvalue weighted by Crippen LogP contribution is 2.48. The fourth-order valence-corrected chi connectivity index (χ4v) is 3.84. The first-order valence-electron chi connectivity index (χ1n) is 6.91. The minimum atomic E-state index is -0.104. The summed E-state index contributed by atoms with van der Waals surface area (Å²) in [6, 6.07) is 20.4. The first-order chi connectivity index (χ1) is 10.4. The number of rotatable bonds is 2. The topological polar surface area (TPSA) is 29.5 Å². The van der Waals surface area contributed by atoms with Crippen LogP contribution < -0.4 is 4.74 Å². The van der Waals surface area contributed by atoms with E-state index in [-0.39, 0.29) is 12.7 Å². The summed E-state index contributed by atoms with van der Waals surface area (Å²) in [5.74, 6) is 0.908. The highest BCUT2D eigenvalue weighted by Gasteiger charge is 2.29. The Bertz CT molecular complexity index is 777. The van der Waals surface area contributed by atoms with Crippen LogP contribution in [0, 0.1) is 0 Å². The quantitative estimate of drug-likeness (QED) is 0.759. The zero-order valence-electron chi connectivity index (χ0n) is 11.3. The Kier molecular flexibility index (Phi) is 3.02. The molecule has 104 valence electrons. The van der Waals surface area contributed by atoms with Crippen molar-refractivity contribution in [3.05, 3.63) is 76.7 Å². The average Bonchev–Trinajstić information content (AvgIpc) is 2.99. The van der Waals surface area contributed by atoms with Gasteiger partial charge in [-0.05, 0) is 23.8 Å². The molecule has 1 aliphatic rings. The Morgan fingerprint density at radius 2 is 1.76 bits per heavy atom. The van der Waals surface area contributed by atoms with Crippen LogP contribution in [0.3, 0.4) is 0 Å². The van der Waals surface area contributed by atoms with E-state index in [1.165, 1.54) is 4.88 Å². The highest BCUT2D eigenvalue weighted by molar-refractivity contribution is 7.15. The van der Waals surface area contributed by atoms with Crippen LogP contribution in [0.25, 0.3) is 10.4 Å². The SMILES string of the molecule is OCc1cc2c(s1)-c1ccccc1OC2c1ccccc1. The molecule has 0 saturated carbocycles. The number of ether oxygens (including phenoxy) is 1. The summed E-state index contributed by atoms with van der Waals surface area (Å²) in [6.07, 6.45) is -0.104. The first-order valence-corrected chi connectivity index (χ1v) is 7.73. The summed E-state index contributed by atoms with van der Waals surface area (Å²) in [4.78, 5) is 2.18. The lowest BCUT2D eigenvalue weighted by Crippen LogP contribution is -2.13. The van der Waals surface area contributed by atoms with Crippen molar-refractivity contribution in [2.24, 2.45) is 0 Å². The van der Waals surface area contributed by atoms with E-state index in [0.29, 0.717) is 0 Å². The molecule has 0 aliphatic carbocycles. The van der Waals surface area contributed by atoms with Gasteiger partial charge in [0.25, 0.3) is 0 Å². The van der Waals surface area contributed by atoms with Gasteiger partial charge in [-0.25, -0.2) is 0 Å². The van der Waals surface area contributed by atoms with Crippen LogP contribution in [0.4, 0.5) is 0 Å². The van der Waals surface area contributed by atoms with Crippen LogP contribution >= 0.6 is 11.3 Å². The van der Waals surface area contributed by atoms with Gasteiger partial charge in [0.05, 0.1) is 6.61 Å². The molecular weight excluding hydrogens is 280 g/mol. The minimum Gasteiger partial charge on any atom is -0.480 e. The van der Waals surface area contributed by atoms with Gasteiger partial charge >= 0.3 is 0 Å². The second-order valence-corrected chi connectivity index (χ2v) is 6.20. The normalized spacial score (nSPS) is 16.0. The number of hydrogen-bond acceptors (Lipinski definition) is 3. The van der Waals surface area contributed by atoms with Crippen LogP contribution in [-0.4, -0.2) is 5.11 Å². The Labute approximate surface area is 127 Å². The highest BCUT2D eigenvalue weighted by atomic mass is 32.1. The molecule has 0 radical (unpaired) electrons. The monoisotopic (exact) mass is 294 g/mol. The zero-order valence-corrected chi connectivity index (χ0v) is 12.1. The van der Waals surface area contributed by atoms with Crippen LogP contribution in [0.5, 0.6) is 5.75 Å². The van der Waals surface area contributed by atoms with E-state index >= 15 is 0 Å². The Balaban J connectivity index is 1.92. The fraction of sp³-hybridized carbons (Fsp3) is 0.111. The van der Waals surface area contributed by atoms with E-state index in [1.807, 2.05) is 36.4 Å². The van der Waals surface area contributed by atoms with E-state index in [1.54, 1.807) is 11.3 Å². The zero-order chi connectivity index (χ0) is 14.2. The second kappa shape index (κ2) is 5.02. The molecule has 1 aromatic heterocycles. The molecule has 1 N–H and O–H groups in total. The Morgan fingerprint density at radius 1 is 1.00 bits per heavy atom. The number of para-hydroxylation sites is 1. The molecule has 1 aliphatic heterocycles. The molecule has 0 spiro atoms. The summed E-state index contributed by atoms with van der Waals surface area (Å²) in [5.41, 5.74) is 3.40. The van der Waals surface area contributed by atoms with Crippen LogP contribution in [0.15, 0.2) is 60.7 Å². The van der Waals surface area contributed by atoms with E-state index in [9.17, 15) is 5.11 Å². The predicted octanol–water partition coefficient (Wildman–Crippen LogP) is 4.39. The molecular formula is C18H14O2S. The summed E-state index contributed by atoms with van der Waals surface area (Å²) >= 11 is 1.65. The first kappa shape index (κ1) is 12.6. The van der Waals surface area contributed by atoms with Crippen molar-refractivity contribution in [3.8, 4) is 16.2 Å². The number of hydrogen-bond donors (Lipinski definition) is 1. The molecule has 1 atom stereocenters. The molecule has 0 amide bonds. The van der Waals surface area contributed by atoms with Gasteiger partial charge in [0.1, 0.15) is 5.75 Å². The van der Waals surface area contributed by atoms with Crippen LogP contribution in [0.1, 0.15) is 22.1 Å². The second-order valence-electron chi connectivity index (χ2n) is 5.06. The number of aliphatic hydroxyl groups is 1. The van der Waals surface area contributed by atoms with Gasteiger partial charge in [-0.2, -0.15) is 0 Å². The Morgan fingerprint density at radius 3 is 2.57 bits per heavy atom. The van der Waals surface area contributed by atoms with Crippen molar-refractivity contribution in [2.75, 3.05) is 0 Å². The summed E-state index contributed by atoms with van der Waals surface area (Å²) in [5, 5.41) is 9.46. The van der Waals surface area contributed by atoms with Gasteiger partial charge in [0.2, 0.25) is 0 Å². The molecule has 2 heterocycles. The van der Waals surface area contributed by atoms with Crippen molar-refractivity contribution in [1.82, 2.24) is 0 Å². The van der Waals surface area contributed by atoms with E-state index in [2.05, 4.69) is 24.3 Å². The van der Waals surface area contributed by atoms with Crippen molar-refractivity contribution in [2.45, 2.75) is 12.7 Å². The van der Waals surface area contributed by atoms with Gasteiger partial charge in [0, 0.05) is 20.9 Å². The lowest BCUT2D eigenvalue weighted by molar-refractivity contribution is 0.244. The molecule has 0 saturated heterocycles. The number of aliphatic hydroxyl groups excluding tert-OH is 1. The third-order valence-corrected chi connectivity index (χ3v) is 4.90. The van der Waals surface area contributed by atoms with Gasteiger partial charge in [0.15, 0.2) is 6.10 Å². The maximum atomic E-state index is 9.46. The number of thiophene rings is 1. The van der Waals surface area contributed by atoms with Gasteiger partial charge < -0.3 is 9.84 Å². The summed E-state index contributed by atoms with van der Waals surface area (Å²) in [7, 11) is 0. The third-order valence-electron chi connectivity index (χ3n) is 3.73. The van der Waals surface area contributed by atoms with Gasteiger partial charge in [-0.3, -0.25) is 0 Å². The molecule has 0 bridgehead atoms. The number of benzene rings is 2. The van der Waals surface area contributed by atoms with Gasteiger partial charge in [-0.1, -0.05) is 42.5 Å². The minimum absolute atomic E-state index is 0.0708. The summed E-state index contributed by atoms with van der Waals surface area (Å²) < 4.78 is 6.23. The fourth-order valence-electron chi connectivity index (χ4n) is 2.76. The van der Waals surface area contributed by atoms with Gasteiger partial charge in [-0.15, -0.1) is 11.3 Å². The smallest absolute Gasteiger partial charge is 0.150 e. The van der Waals surface area contributed by atoms with Crippen molar-refractivity contribution in [3.63, 3.8) is 0 Å². The molecule has 2 nitrogen and oxygen atoms in total. The third kappa shape index (κ3) is 2.06. The molecule has 2 aromatic carbocycles. The summed E-state index contributed by atoms with van der Waals surface area (Å²) in [6.45, 7) is 0.0708. The lowest BCUT2D eigenvalue weighted by atomic mass is 9.96. The molecule has 1 unspecified atom stereocenters. The van der Waals surface area contributed by atoms with Crippen molar-refractivity contribution >= 4 is 11.3 Å². The van der Waals surface area contributed by atoms with Crippen molar-refractivity contribution < 1.29 is 9.84 Å². The van der Waals surface area contributed by atoms with Crippen molar-refractivity contribution in [1.29, 1.82) is 0 Å². The van der Waals surface area contributed by atoms with E-state index < -0.39 is 0 Å². The van der Waals surface area contributed by atoms with Crippen LogP contribution in [0.2, 0.25) is 0 Å². The largest absolute Gasteiger partial charge is 0.480 e. The lowest BCUT2D eigenvalue weighted by Gasteiger charge is -2.26. The predicted molar refractivity (Wildman–Crippen MR) is 84.6 cm³/mol.